The number of hydrogen-bond donors (Lipinski definition) is 1. The molecule has 88 valence electrons. The van der Waals surface area contributed by atoms with E-state index in [9.17, 15) is 9.18 Å². The molecule has 1 amide bonds. The fourth-order valence-corrected chi connectivity index (χ4v) is 1.96. The third-order valence-electron chi connectivity index (χ3n) is 2.85. The molecule has 1 aromatic heterocycles. The molecule has 0 radical (unpaired) electrons. The zero-order chi connectivity index (χ0) is 11.5. The van der Waals surface area contributed by atoms with Gasteiger partial charge in [0.15, 0.2) is 0 Å². The largest absolute Gasteiger partial charge is 0.351 e. The van der Waals surface area contributed by atoms with E-state index >= 15 is 0 Å². The van der Waals surface area contributed by atoms with Crippen LogP contribution in [0.2, 0.25) is 0 Å². The number of halogens is 1. The molecule has 0 saturated heterocycles. The lowest BCUT2D eigenvalue weighted by Crippen LogP contribution is -2.43. The Bertz CT molecular complexity index is 378. The van der Waals surface area contributed by atoms with E-state index in [0.717, 1.165) is 12.8 Å². The molecular formula is C11H15FN2O2. The van der Waals surface area contributed by atoms with Crippen molar-refractivity contribution in [2.24, 2.45) is 0 Å². The number of amides is 1. The van der Waals surface area contributed by atoms with Crippen molar-refractivity contribution in [3.8, 4) is 0 Å². The molecule has 1 heterocycles. The van der Waals surface area contributed by atoms with Gasteiger partial charge in [0.05, 0.1) is 11.7 Å². The van der Waals surface area contributed by atoms with Gasteiger partial charge >= 0.3 is 0 Å². The summed E-state index contributed by atoms with van der Waals surface area (Å²) in [6.45, 7) is 1.73. The topological polar surface area (TPSA) is 55.1 Å². The van der Waals surface area contributed by atoms with Crippen LogP contribution in [0.15, 0.2) is 10.6 Å². The molecule has 0 spiro atoms. The molecule has 1 N–H and O–H groups in total. The summed E-state index contributed by atoms with van der Waals surface area (Å²) in [5, 5.41) is 6.27. The van der Waals surface area contributed by atoms with Crippen LogP contribution in [0.3, 0.4) is 0 Å². The van der Waals surface area contributed by atoms with Crippen LogP contribution in [-0.2, 0) is 0 Å². The second kappa shape index (κ2) is 4.63. The quantitative estimate of drug-likeness (QED) is 0.839. The van der Waals surface area contributed by atoms with Crippen LogP contribution >= 0.6 is 0 Å². The van der Waals surface area contributed by atoms with Gasteiger partial charge in [0.25, 0.3) is 5.91 Å². The number of alkyl halides is 1. The van der Waals surface area contributed by atoms with Crippen molar-refractivity contribution in [3.05, 3.63) is 17.5 Å². The minimum Gasteiger partial charge on any atom is -0.351 e. The molecule has 0 bridgehead atoms. The number of rotatable bonds is 2. The normalized spacial score (nSPS) is 25.4. The maximum Gasteiger partial charge on any atom is 0.290 e. The smallest absolute Gasteiger partial charge is 0.290 e. The zero-order valence-corrected chi connectivity index (χ0v) is 9.20. The van der Waals surface area contributed by atoms with Gasteiger partial charge in [0.2, 0.25) is 5.76 Å². The minimum atomic E-state index is -0.943. The summed E-state index contributed by atoms with van der Waals surface area (Å²) in [4.78, 5) is 11.7. The molecule has 0 unspecified atom stereocenters. The lowest BCUT2D eigenvalue weighted by Gasteiger charge is -2.26. The second-order valence-electron chi connectivity index (χ2n) is 4.21. The van der Waals surface area contributed by atoms with Crippen LogP contribution in [-0.4, -0.2) is 23.3 Å². The van der Waals surface area contributed by atoms with E-state index in [1.54, 1.807) is 13.0 Å². The Morgan fingerprint density at radius 1 is 1.56 bits per heavy atom. The highest BCUT2D eigenvalue weighted by Gasteiger charge is 2.27. The van der Waals surface area contributed by atoms with Crippen molar-refractivity contribution in [2.75, 3.05) is 0 Å². The highest BCUT2D eigenvalue weighted by molar-refractivity contribution is 5.91. The first-order valence-electron chi connectivity index (χ1n) is 5.55. The van der Waals surface area contributed by atoms with Crippen LogP contribution in [0.25, 0.3) is 0 Å². The first-order valence-corrected chi connectivity index (χ1v) is 5.55. The highest BCUT2D eigenvalue weighted by Crippen LogP contribution is 2.21. The summed E-state index contributed by atoms with van der Waals surface area (Å²) in [7, 11) is 0. The van der Waals surface area contributed by atoms with Gasteiger partial charge in [-0.25, -0.2) is 4.39 Å². The Balaban J connectivity index is 1.96. The number of aromatic nitrogens is 1. The van der Waals surface area contributed by atoms with Gasteiger partial charge in [-0.3, -0.25) is 4.79 Å². The molecule has 2 atom stereocenters. The first-order chi connectivity index (χ1) is 7.66. The molecule has 1 saturated carbocycles. The van der Waals surface area contributed by atoms with Crippen LogP contribution in [0.4, 0.5) is 4.39 Å². The van der Waals surface area contributed by atoms with Crippen LogP contribution in [0, 0.1) is 6.92 Å². The summed E-state index contributed by atoms with van der Waals surface area (Å²) in [6, 6.07) is 1.16. The Morgan fingerprint density at radius 3 is 2.94 bits per heavy atom. The summed E-state index contributed by atoms with van der Waals surface area (Å²) < 4.78 is 18.3. The zero-order valence-electron chi connectivity index (χ0n) is 9.20. The molecule has 1 aromatic rings. The van der Waals surface area contributed by atoms with Gasteiger partial charge in [-0.2, -0.15) is 0 Å². The lowest BCUT2D eigenvalue weighted by atomic mass is 9.93. The average molecular weight is 226 g/mol. The molecule has 0 aromatic carbocycles. The van der Waals surface area contributed by atoms with Crippen LogP contribution < -0.4 is 5.32 Å². The SMILES string of the molecule is Cc1cc(C(=O)N[C@@H]2CCCC[C@H]2F)on1. The monoisotopic (exact) mass is 226 g/mol. The van der Waals surface area contributed by atoms with Gasteiger partial charge in [0.1, 0.15) is 6.17 Å². The van der Waals surface area contributed by atoms with Crippen LogP contribution in [0.5, 0.6) is 0 Å². The van der Waals surface area contributed by atoms with Crippen molar-refractivity contribution < 1.29 is 13.7 Å². The third-order valence-corrected chi connectivity index (χ3v) is 2.85. The second-order valence-corrected chi connectivity index (χ2v) is 4.21. The van der Waals surface area contributed by atoms with Gasteiger partial charge < -0.3 is 9.84 Å². The Hall–Kier alpha value is -1.39. The summed E-state index contributed by atoms with van der Waals surface area (Å²) in [6.07, 6.45) is 2.14. The molecule has 4 nitrogen and oxygen atoms in total. The molecule has 1 aliphatic carbocycles. The summed E-state index contributed by atoms with van der Waals surface area (Å²) >= 11 is 0. The average Bonchev–Trinajstić information content (AvgIpc) is 2.68. The van der Waals surface area contributed by atoms with Gasteiger partial charge in [-0.15, -0.1) is 0 Å². The lowest BCUT2D eigenvalue weighted by molar-refractivity contribution is 0.0847. The highest BCUT2D eigenvalue weighted by atomic mass is 19.1. The Morgan fingerprint density at radius 2 is 2.31 bits per heavy atom. The number of nitrogens with zero attached hydrogens (tertiary/aromatic N) is 1. The fraction of sp³-hybridized carbons (Fsp3) is 0.636. The number of aryl methyl sites for hydroxylation is 1. The van der Waals surface area contributed by atoms with E-state index in [-0.39, 0.29) is 17.7 Å². The molecule has 0 aliphatic heterocycles. The third kappa shape index (κ3) is 2.40. The molecule has 16 heavy (non-hydrogen) atoms. The van der Waals surface area contributed by atoms with Gasteiger partial charge in [-0.05, 0) is 19.8 Å². The van der Waals surface area contributed by atoms with Crippen molar-refractivity contribution in [1.82, 2.24) is 10.5 Å². The maximum atomic E-state index is 13.5. The molecule has 1 fully saturated rings. The molecule has 5 heteroatoms. The van der Waals surface area contributed by atoms with Crippen molar-refractivity contribution >= 4 is 5.91 Å². The van der Waals surface area contributed by atoms with Gasteiger partial charge in [0, 0.05) is 6.07 Å². The number of nitrogens with one attached hydrogen (secondary N) is 1. The molecule has 1 aliphatic rings. The number of carbonyl (C=O) groups excluding carboxylic acids is 1. The molecular weight excluding hydrogens is 211 g/mol. The Kier molecular flexibility index (Phi) is 3.22. The van der Waals surface area contributed by atoms with Gasteiger partial charge in [-0.1, -0.05) is 18.0 Å². The van der Waals surface area contributed by atoms with E-state index in [4.69, 9.17) is 4.52 Å². The van der Waals surface area contributed by atoms with E-state index in [0.29, 0.717) is 18.5 Å². The fourth-order valence-electron chi connectivity index (χ4n) is 1.96. The summed E-state index contributed by atoms with van der Waals surface area (Å²) in [5.41, 5.74) is 0.644. The first kappa shape index (κ1) is 11.1. The van der Waals surface area contributed by atoms with Crippen LogP contribution in [0.1, 0.15) is 41.9 Å². The van der Waals surface area contributed by atoms with Crippen molar-refractivity contribution in [1.29, 1.82) is 0 Å². The van der Waals surface area contributed by atoms with Crippen molar-refractivity contribution in [2.45, 2.75) is 44.8 Å². The molecule has 2 rings (SSSR count). The van der Waals surface area contributed by atoms with E-state index < -0.39 is 6.17 Å². The maximum absolute atomic E-state index is 13.5. The number of hydrogen-bond acceptors (Lipinski definition) is 3. The predicted octanol–water partition coefficient (Wildman–Crippen LogP) is 1.99. The van der Waals surface area contributed by atoms with E-state index in [1.165, 1.54) is 0 Å². The van der Waals surface area contributed by atoms with Crippen molar-refractivity contribution in [3.63, 3.8) is 0 Å². The number of carbonyl (C=O) groups is 1. The Labute approximate surface area is 93.2 Å². The van der Waals surface area contributed by atoms with E-state index in [2.05, 4.69) is 10.5 Å². The minimum absolute atomic E-state index is 0.148. The summed E-state index contributed by atoms with van der Waals surface area (Å²) in [5.74, 6) is -0.231. The van der Waals surface area contributed by atoms with E-state index in [1.807, 2.05) is 0 Å². The predicted molar refractivity (Wildman–Crippen MR) is 55.9 cm³/mol. The standard InChI is InChI=1S/C11H15FN2O2/c1-7-6-10(16-14-7)11(15)13-9-5-3-2-4-8(9)12/h6,8-9H,2-5H2,1H3,(H,13,15)/t8-,9-/m1/s1.